The molecule has 2 aromatic rings. The van der Waals surface area contributed by atoms with E-state index >= 15 is 0 Å². The zero-order chi connectivity index (χ0) is 13.8. The Balaban J connectivity index is 2.22. The van der Waals surface area contributed by atoms with Crippen molar-refractivity contribution >= 4 is 50.0 Å². The van der Waals surface area contributed by atoms with Crippen LogP contribution in [0.3, 0.4) is 0 Å². The second kappa shape index (κ2) is 4.51. The quantitative estimate of drug-likeness (QED) is 0.678. The van der Waals surface area contributed by atoms with Gasteiger partial charge in [-0.05, 0) is 26.0 Å². The maximum Gasteiger partial charge on any atom is 0.134 e. The van der Waals surface area contributed by atoms with Gasteiger partial charge in [-0.15, -0.1) is 11.6 Å². The predicted molar refractivity (Wildman–Crippen MR) is 82.8 cm³/mol. The Kier molecular flexibility index (Phi) is 3.19. The maximum absolute atomic E-state index is 6.31. The Bertz CT molecular complexity index is 667. The summed E-state index contributed by atoms with van der Waals surface area (Å²) in [6, 6.07) is 5.73. The first-order chi connectivity index (χ1) is 8.88. The fourth-order valence-electron chi connectivity index (χ4n) is 2.40. The molecule has 3 rings (SSSR count). The highest BCUT2D eigenvalue weighted by molar-refractivity contribution is 9.10. The Morgan fingerprint density at radius 3 is 2.89 bits per heavy atom. The number of alkyl halides is 2. The number of rotatable bonds is 1. The van der Waals surface area contributed by atoms with E-state index in [2.05, 4.69) is 20.9 Å². The molecule has 0 N–H and O–H groups in total. The average molecular weight is 361 g/mol. The molecule has 1 aromatic carbocycles. The van der Waals surface area contributed by atoms with Crippen molar-refractivity contribution in [2.45, 2.75) is 30.2 Å². The molecule has 0 fully saturated rings. The van der Waals surface area contributed by atoms with Gasteiger partial charge in [-0.25, -0.2) is 0 Å². The van der Waals surface area contributed by atoms with Crippen molar-refractivity contribution in [1.82, 2.24) is 4.98 Å². The van der Waals surface area contributed by atoms with Crippen LogP contribution in [0.15, 0.2) is 18.2 Å². The van der Waals surface area contributed by atoms with Crippen molar-refractivity contribution in [3.8, 4) is 5.75 Å². The number of aryl methyl sites for hydroxylation is 1. The van der Waals surface area contributed by atoms with Crippen LogP contribution in [0.4, 0.5) is 0 Å². The molecule has 2 atom stereocenters. The lowest BCUT2D eigenvalue weighted by Gasteiger charge is -2.21. The van der Waals surface area contributed by atoms with Gasteiger partial charge in [0.05, 0.1) is 10.5 Å². The minimum atomic E-state index is -0.594. The molecule has 2 heterocycles. The van der Waals surface area contributed by atoms with E-state index in [4.69, 9.17) is 27.9 Å². The average Bonchev–Trinajstić information content (AvgIpc) is 2.76. The van der Waals surface area contributed by atoms with Crippen LogP contribution in [-0.2, 0) is 6.42 Å². The van der Waals surface area contributed by atoms with E-state index in [0.29, 0.717) is 5.02 Å². The Morgan fingerprint density at radius 1 is 1.47 bits per heavy atom. The molecule has 0 amide bonds. The monoisotopic (exact) mass is 359 g/mol. The Labute approximate surface area is 130 Å². The molecule has 1 aromatic heterocycles. The normalized spacial score (nSPS) is 21.0. The second-order valence-corrected chi connectivity index (χ2v) is 8.20. The number of aromatic nitrogens is 1. The summed E-state index contributed by atoms with van der Waals surface area (Å²) in [5.41, 5.74) is 2.85. The van der Waals surface area contributed by atoms with E-state index < -0.39 is 3.78 Å². The number of halogens is 3. The van der Waals surface area contributed by atoms with E-state index in [9.17, 15) is 0 Å². The summed E-state index contributed by atoms with van der Waals surface area (Å²) >= 11 is 16.0. The lowest BCUT2D eigenvalue weighted by Crippen LogP contribution is -2.31. The first-order valence-electron chi connectivity index (χ1n) is 6.00. The Morgan fingerprint density at radius 2 is 2.21 bits per heavy atom. The smallest absolute Gasteiger partial charge is 0.134 e. The number of para-hydroxylation sites is 1. The summed E-state index contributed by atoms with van der Waals surface area (Å²) in [7, 11) is 0. The molecule has 0 spiro atoms. The molecule has 1 aliphatic heterocycles. The van der Waals surface area contributed by atoms with Crippen LogP contribution in [0.25, 0.3) is 10.9 Å². The minimum Gasteiger partial charge on any atom is -0.486 e. The van der Waals surface area contributed by atoms with Gasteiger partial charge in [-0.3, -0.25) is 4.98 Å². The zero-order valence-electron chi connectivity index (χ0n) is 10.5. The summed E-state index contributed by atoms with van der Waals surface area (Å²) in [4.78, 5) is 4.59. The second-order valence-electron chi connectivity index (χ2n) is 4.91. The van der Waals surface area contributed by atoms with Crippen LogP contribution in [-0.4, -0.2) is 14.9 Å². The van der Waals surface area contributed by atoms with Gasteiger partial charge in [0.2, 0.25) is 0 Å². The molecule has 1 aliphatic rings. The number of hydrogen-bond acceptors (Lipinski definition) is 2. The third-order valence-electron chi connectivity index (χ3n) is 3.44. The van der Waals surface area contributed by atoms with Gasteiger partial charge in [0, 0.05) is 23.1 Å². The van der Waals surface area contributed by atoms with Crippen molar-refractivity contribution in [3.63, 3.8) is 0 Å². The van der Waals surface area contributed by atoms with E-state index in [1.54, 1.807) is 0 Å². The highest BCUT2D eigenvalue weighted by Crippen LogP contribution is 2.44. The molecular weight excluding hydrogens is 349 g/mol. The van der Waals surface area contributed by atoms with Crippen LogP contribution in [0, 0.1) is 6.92 Å². The highest BCUT2D eigenvalue weighted by atomic mass is 79.9. The topological polar surface area (TPSA) is 22.1 Å². The van der Waals surface area contributed by atoms with E-state index in [1.165, 1.54) is 0 Å². The molecule has 0 unspecified atom stereocenters. The van der Waals surface area contributed by atoms with Crippen molar-refractivity contribution in [2.75, 3.05) is 0 Å². The molecular formula is C14H12BrCl2NO. The fourth-order valence-corrected chi connectivity index (χ4v) is 3.00. The van der Waals surface area contributed by atoms with Crippen molar-refractivity contribution in [2.24, 2.45) is 0 Å². The molecule has 19 heavy (non-hydrogen) atoms. The van der Waals surface area contributed by atoms with Gasteiger partial charge in [-0.1, -0.05) is 33.6 Å². The summed E-state index contributed by atoms with van der Waals surface area (Å²) in [6.45, 7) is 3.87. The van der Waals surface area contributed by atoms with Gasteiger partial charge in [0.25, 0.3) is 0 Å². The number of hydrogen-bond donors (Lipinski definition) is 0. The molecule has 2 nitrogen and oxygen atoms in total. The molecule has 0 radical (unpaired) electrons. The number of fused-ring (bicyclic) bond motifs is 3. The zero-order valence-corrected chi connectivity index (χ0v) is 13.6. The van der Waals surface area contributed by atoms with Gasteiger partial charge in [-0.2, -0.15) is 0 Å². The van der Waals surface area contributed by atoms with Crippen LogP contribution in [0.1, 0.15) is 18.2 Å². The summed E-state index contributed by atoms with van der Waals surface area (Å²) in [6.07, 6.45) is 0.635. The Hall–Kier alpha value is -0.510. The standard InChI is InChI=1S/C14H12BrCl2NO/c1-7-9-6-11(14(2,15)17)19-13(9)8-4-3-5-10(16)12(8)18-7/h3-5,11H,6H2,1-2H3/t11-,14-/m1/s1. The predicted octanol–water partition coefficient (Wildman–Crippen LogP) is 4.85. The molecule has 0 bridgehead atoms. The lowest BCUT2D eigenvalue weighted by atomic mass is 10.0. The SMILES string of the molecule is Cc1nc2c(Cl)cccc2c2c1C[C@H]([C@@](C)(Cl)Br)O2. The lowest BCUT2D eigenvalue weighted by molar-refractivity contribution is 0.225. The van der Waals surface area contributed by atoms with Gasteiger partial charge in [0.1, 0.15) is 15.6 Å². The molecule has 0 saturated heterocycles. The molecule has 100 valence electrons. The number of benzene rings is 1. The summed E-state index contributed by atoms with van der Waals surface area (Å²) < 4.78 is 5.45. The maximum atomic E-state index is 6.31. The molecule has 5 heteroatoms. The van der Waals surface area contributed by atoms with Crippen LogP contribution in [0.2, 0.25) is 5.02 Å². The third kappa shape index (κ3) is 2.22. The van der Waals surface area contributed by atoms with Crippen molar-refractivity contribution in [3.05, 3.63) is 34.5 Å². The summed E-state index contributed by atoms with van der Waals surface area (Å²) in [5, 5.41) is 1.59. The molecule has 0 aliphatic carbocycles. The van der Waals surface area contributed by atoms with Gasteiger partial charge in [0.15, 0.2) is 0 Å². The highest BCUT2D eigenvalue weighted by Gasteiger charge is 2.38. The van der Waals surface area contributed by atoms with Crippen LogP contribution < -0.4 is 4.74 Å². The van der Waals surface area contributed by atoms with Gasteiger partial charge >= 0.3 is 0 Å². The van der Waals surface area contributed by atoms with Gasteiger partial charge < -0.3 is 4.74 Å². The van der Waals surface area contributed by atoms with Crippen LogP contribution in [0.5, 0.6) is 5.75 Å². The summed E-state index contributed by atoms with van der Waals surface area (Å²) in [5.74, 6) is 0.862. The van der Waals surface area contributed by atoms with E-state index in [-0.39, 0.29) is 6.10 Å². The van der Waals surface area contributed by atoms with Crippen LogP contribution >= 0.6 is 39.1 Å². The molecule has 0 saturated carbocycles. The minimum absolute atomic E-state index is 0.116. The van der Waals surface area contributed by atoms with Crippen molar-refractivity contribution in [1.29, 1.82) is 0 Å². The first-order valence-corrected chi connectivity index (χ1v) is 7.55. The van der Waals surface area contributed by atoms with E-state index in [0.717, 1.165) is 34.3 Å². The third-order valence-corrected chi connectivity index (χ3v) is 4.50. The van der Waals surface area contributed by atoms with E-state index in [1.807, 2.05) is 32.0 Å². The number of nitrogens with zero attached hydrogens (tertiary/aromatic N) is 1. The number of pyridine rings is 1. The first kappa shape index (κ1) is 13.5. The number of ether oxygens (including phenoxy) is 1. The largest absolute Gasteiger partial charge is 0.486 e. The van der Waals surface area contributed by atoms with Crippen molar-refractivity contribution < 1.29 is 4.74 Å². The fraction of sp³-hybridized carbons (Fsp3) is 0.357.